The van der Waals surface area contributed by atoms with Gasteiger partial charge >= 0.3 is 0 Å². The van der Waals surface area contributed by atoms with Gasteiger partial charge in [-0.15, -0.1) is 12.4 Å². The van der Waals surface area contributed by atoms with Crippen molar-refractivity contribution in [2.75, 3.05) is 6.54 Å². The number of carbonyl (C=O) groups excluding carboxylic acids is 1. The number of nitrogens with zero attached hydrogens (tertiary/aromatic N) is 1. The number of carbonyl (C=O) groups is 1. The van der Waals surface area contributed by atoms with Gasteiger partial charge in [-0.3, -0.25) is 4.79 Å². The molecule has 0 aliphatic heterocycles. The summed E-state index contributed by atoms with van der Waals surface area (Å²) in [6, 6.07) is 6.93. The first-order valence-electron chi connectivity index (χ1n) is 7.17. The van der Waals surface area contributed by atoms with E-state index in [1.54, 1.807) is 0 Å². The van der Waals surface area contributed by atoms with Crippen LogP contribution in [-0.4, -0.2) is 23.4 Å². The van der Waals surface area contributed by atoms with Crippen LogP contribution in [0, 0.1) is 13.8 Å². The van der Waals surface area contributed by atoms with E-state index >= 15 is 0 Å². The van der Waals surface area contributed by atoms with Gasteiger partial charge in [-0.1, -0.05) is 18.2 Å². The van der Waals surface area contributed by atoms with Crippen molar-refractivity contribution >= 4 is 18.3 Å². The fourth-order valence-electron chi connectivity index (χ4n) is 2.30. The van der Waals surface area contributed by atoms with Crippen LogP contribution in [0.2, 0.25) is 0 Å². The lowest BCUT2D eigenvalue weighted by Gasteiger charge is -2.23. The number of hydrogen-bond acceptors (Lipinski definition) is 2. The summed E-state index contributed by atoms with van der Waals surface area (Å²) < 4.78 is 0. The number of hydrogen-bond donors (Lipinski definition) is 1. The fraction of sp³-hybridized carbons (Fsp3) is 0.562. The number of rotatable bonds is 6. The minimum absolute atomic E-state index is 0. The highest BCUT2D eigenvalue weighted by Gasteiger charge is 2.32. The molecule has 3 nitrogen and oxygen atoms in total. The molecule has 1 amide bonds. The second-order valence-corrected chi connectivity index (χ2v) is 5.56. The van der Waals surface area contributed by atoms with Crippen molar-refractivity contribution < 1.29 is 4.79 Å². The standard InChI is InChI=1S/C16H24N2O.ClH/c1-12-5-6-14(10-13(12)2)11-18(15-7-8-15)16(19)4-3-9-17;/h5-6,10,15H,3-4,7-9,11,17H2,1-2H3;1H. The lowest BCUT2D eigenvalue weighted by Crippen LogP contribution is -2.32. The van der Waals surface area contributed by atoms with E-state index in [0.29, 0.717) is 19.0 Å². The van der Waals surface area contributed by atoms with Crippen molar-refractivity contribution in [2.45, 2.75) is 52.1 Å². The maximum Gasteiger partial charge on any atom is 0.223 e. The Hall–Kier alpha value is -1.06. The Kier molecular flexibility index (Phi) is 6.50. The monoisotopic (exact) mass is 296 g/mol. The third kappa shape index (κ3) is 4.50. The van der Waals surface area contributed by atoms with Crippen LogP contribution < -0.4 is 5.73 Å². The summed E-state index contributed by atoms with van der Waals surface area (Å²) in [7, 11) is 0. The lowest BCUT2D eigenvalue weighted by atomic mass is 10.1. The van der Waals surface area contributed by atoms with Crippen molar-refractivity contribution in [2.24, 2.45) is 5.73 Å². The van der Waals surface area contributed by atoms with Crippen LogP contribution in [0.25, 0.3) is 0 Å². The summed E-state index contributed by atoms with van der Waals surface area (Å²) in [6.45, 7) is 5.57. The molecule has 0 atom stereocenters. The second-order valence-electron chi connectivity index (χ2n) is 5.56. The molecule has 1 saturated carbocycles. The summed E-state index contributed by atoms with van der Waals surface area (Å²) in [4.78, 5) is 14.3. The molecule has 1 aromatic carbocycles. The second kappa shape index (κ2) is 7.65. The van der Waals surface area contributed by atoms with Crippen LogP contribution in [0.5, 0.6) is 0 Å². The van der Waals surface area contributed by atoms with E-state index in [1.807, 2.05) is 4.90 Å². The van der Waals surface area contributed by atoms with Gasteiger partial charge in [0.1, 0.15) is 0 Å². The van der Waals surface area contributed by atoms with Crippen molar-refractivity contribution in [1.29, 1.82) is 0 Å². The zero-order chi connectivity index (χ0) is 13.8. The van der Waals surface area contributed by atoms with Crippen molar-refractivity contribution in [3.05, 3.63) is 34.9 Å². The van der Waals surface area contributed by atoms with Crippen LogP contribution in [0.15, 0.2) is 18.2 Å². The zero-order valence-electron chi connectivity index (χ0n) is 12.4. The number of amides is 1. The molecule has 1 fully saturated rings. The largest absolute Gasteiger partial charge is 0.335 e. The Balaban J connectivity index is 0.00000200. The molecule has 2 N–H and O–H groups in total. The van der Waals surface area contributed by atoms with E-state index in [9.17, 15) is 4.79 Å². The Labute approximate surface area is 127 Å². The predicted molar refractivity (Wildman–Crippen MR) is 85.0 cm³/mol. The molecule has 1 aromatic rings. The number of halogens is 1. The molecule has 1 aliphatic rings. The molecule has 112 valence electrons. The first-order valence-corrected chi connectivity index (χ1v) is 7.17. The molecule has 0 unspecified atom stereocenters. The van der Waals surface area contributed by atoms with Crippen LogP contribution in [0.4, 0.5) is 0 Å². The highest BCUT2D eigenvalue weighted by molar-refractivity contribution is 5.85. The summed E-state index contributed by atoms with van der Waals surface area (Å²) in [6.07, 6.45) is 3.67. The third-order valence-corrected chi connectivity index (χ3v) is 3.83. The molecule has 0 aromatic heterocycles. The van der Waals surface area contributed by atoms with Crippen molar-refractivity contribution in [3.8, 4) is 0 Å². The van der Waals surface area contributed by atoms with Gasteiger partial charge in [-0.2, -0.15) is 0 Å². The average molecular weight is 297 g/mol. The predicted octanol–water partition coefficient (Wildman–Crippen LogP) is 2.96. The highest BCUT2D eigenvalue weighted by Crippen LogP contribution is 2.29. The summed E-state index contributed by atoms with van der Waals surface area (Å²) in [5, 5.41) is 0. The van der Waals surface area contributed by atoms with Gasteiger partial charge in [-0.05, 0) is 56.3 Å². The van der Waals surface area contributed by atoms with Crippen LogP contribution in [0.3, 0.4) is 0 Å². The van der Waals surface area contributed by atoms with Crippen LogP contribution >= 0.6 is 12.4 Å². The van der Waals surface area contributed by atoms with Gasteiger partial charge in [0.15, 0.2) is 0 Å². The highest BCUT2D eigenvalue weighted by atomic mass is 35.5. The fourth-order valence-corrected chi connectivity index (χ4v) is 2.30. The smallest absolute Gasteiger partial charge is 0.223 e. The van der Waals surface area contributed by atoms with E-state index < -0.39 is 0 Å². The lowest BCUT2D eigenvalue weighted by molar-refractivity contribution is -0.132. The SMILES string of the molecule is Cc1ccc(CN(C(=O)CCCN)C2CC2)cc1C.Cl. The molecule has 0 spiro atoms. The Bertz CT molecular complexity index is 458. The molecule has 0 radical (unpaired) electrons. The molecule has 0 saturated heterocycles. The quantitative estimate of drug-likeness (QED) is 0.877. The summed E-state index contributed by atoms with van der Waals surface area (Å²) >= 11 is 0. The summed E-state index contributed by atoms with van der Waals surface area (Å²) in [5.74, 6) is 0.256. The number of benzene rings is 1. The average Bonchev–Trinajstić information content (AvgIpc) is 3.21. The van der Waals surface area contributed by atoms with E-state index in [2.05, 4.69) is 32.0 Å². The maximum atomic E-state index is 12.2. The van der Waals surface area contributed by atoms with Gasteiger partial charge in [0.25, 0.3) is 0 Å². The molecule has 2 rings (SSSR count). The van der Waals surface area contributed by atoms with E-state index in [-0.39, 0.29) is 18.3 Å². The van der Waals surface area contributed by atoms with Gasteiger partial charge in [0.2, 0.25) is 5.91 Å². The normalized spacial score (nSPS) is 13.8. The van der Waals surface area contributed by atoms with Gasteiger partial charge in [-0.25, -0.2) is 0 Å². The van der Waals surface area contributed by atoms with Crippen molar-refractivity contribution in [3.63, 3.8) is 0 Å². The number of aryl methyl sites for hydroxylation is 2. The molecular formula is C16H25ClN2O. The minimum Gasteiger partial charge on any atom is -0.335 e. The maximum absolute atomic E-state index is 12.2. The zero-order valence-corrected chi connectivity index (χ0v) is 13.2. The van der Waals surface area contributed by atoms with Crippen LogP contribution in [0.1, 0.15) is 42.4 Å². The van der Waals surface area contributed by atoms with E-state index in [1.165, 1.54) is 16.7 Å². The molecule has 0 bridgehead atoms. The Morgan fingerprint density at radius 2 is 2.00 bits per heavy atom. The molecular weight excluding hydrogens is 272 g/mol. The number of nitrogens with two attached hydrogens (primary N) is 1. The Morgan fingerprint density at radius 3 is 2.55 bits per heavy atom. The van der Waals surface area contributed by atoms with Gasteiger partial charge < -0.3 is 10.6 Å². The third-order valence-electron chi connectivity index (χ3n) is 3.83. The molecule has 4 heteroatoms. The van der Waals surface area contributed by atoms with E-state index in [0.717, 1.165) is 25.8 Å². The first-order chi connectivity index (χ1) is 9.11. The molecule has 20 heavy (non-hydrogen) atoms. The first kappa shape index (κ1) is 17.0. The van der Waals surface area contributed by atoms with Gasteiger partial charge in [0, 0.05) is 19.0 Å². The van der Waals surface area contributed by atoms with Crippen LogP contribution in [-0.2, 0) is 11.3 Å². The molecule has 0 heterocycles. The van der Waals surface area contributed by atoms with E-state index in [4.69, 9.17) is 5.73 Å². The van der Waals surface area contributed by atoms with Crippen molar-refractivity contribution in [1.82, 2.24) is 4.90 Å². The van der Waals surface area contributed by atoms with Gasteiger partial charge in [0.05, 0.1) is 0 Å². The molecule has 1 aliphatic carbocycles. The summed E-state index contributed by atoms with van der Waals surface area (Å²) in [5.41, 5.74) is 9.32. The Morgan fingerprint density at radius 1 is 1.30 bits per heavy atom. The minimum atomic E-state index is 0. The topological polar surface area (TPSA) is 46.3 Å².